The summed E-state index contributed by atoms with van der Waals surface area (Å²) in [6.45, 7) is 3.44. The second-order valence-electron chi connectivity index (χ2n) is 4.08. The Bertz CT molecular complexity index is 534. The Balaban J connectivity index is 1.94. The molecule has 0 aliphatic carbocycles. The second-order valence-corrected chi connectivity index (χ2v) is 7.49. The molecule has 0 radical (unpaired) electrons. The minimum Gasteiger partial charge on any atom is -0.352 e. The van der Waals surface area contributed by atoms with Gasteiger partial charge in [-0.3, -0.25) is 4.99 Å². The van der Waals surface area contributed by atoms with Crippen LogP contribution in [0, 0.1) is 0 Å². The van der Waals surface area contributed by atoms with Crippen molar-refractivity contribution in [1.82, 2.24) is 10.6 Å². The van der Waals surface area contributed by atoms with Crippen LogP contribution in [0.1, 0.15) is 11.8 Å². The Morgan fingerprint density at radius 2 is 2.35 bits per heavy atom. The van der Waals surface area contributed by atoms with E-state index in [1.165, 1.54) is 17.6 Å². The highest BCUT2D eigenvalue weighted by Gasteiger charge is 2.13. The van der Waals surface area contributed by atoms with Crippen LogP contribution in [0.25, 0.3) is 0 Å². The van der Waals surface area contributed by atoms with Gasteiger partial charge < -0.3 is 10.6 Å². The van der Waals surface area contributed by atoms with Crippen molar-refractivity contribution in [3.63, 3.8) is 0 Å². The standard InChI is InChI=1S/C10H15N3O2S2/c1-7-5-11-10(13-7)12-6-8-3-4-9(16-8)17(2,14)15/h3-4,7H,5-6H2,1-2H3,(H2,11,12,13). The summed E-state index contributed by atoms with van der Waals surface area (Å²) < 4.78 is 23.0. The van der Waals surface area contributed by atoms with Crippen molar-refractivity contribution in [1.29, 1.82) is 0 Å². The fourth-order valence-corrected chi connectivity index (χ4v) is 3.40. The average molecular weight is 273 g/mol. The van der Waals surface area contributed by atoms with Crippen LogP contribution in [0.15, 0.2) is 21.3 Å². The Hall–Kier alpha value is -1.08. The maximum atomic E-state index is 11.3. The van der Waals surface area contributed by atoms with Gasteiger partial charge in [0.15, 0.2) is 15.8 Å². The van der Waals surface area contributed by atoms with Crippen LogP contribution < -0.4 is 10.6 Å². The number of rotatable bonds is 3. The maximum Gasteiger partial charge on any atom is 0.191 e. The van der Waals surface area contributed by atoms with E-state index >= 15 is 0 Å². The molecule has 1 aliphatic heterocycles. The fourth-order valence-electron chi connectivity index (χ4n) is 1.48. The Morgan fingerprint density at radius 1 is 1.59 bits per heavy atom. The van der Waals surface area contributed by atoms with Crippen LogP contribution in [-0.4, -0.2) is 33.2 Å². The number of aliphatic imine (C=N–C) groups is 1. The molecule has 1 aliphatic rings. The molecule has 0 bridgehead atoms. The summed E-state index contributed by atoms with van der Waals surface area (Å²) >= 11 is 1.29. The first-order valence-corrected chi connectivity index (χ1v) is 7.99. The highest BCUT2D eigenvalue weighted by atomic mass is 32.2. The number of nitrogens with zero attached hydrogens (tertiary/aromatic N) is 1. The molecule has 0 saturated heterocycles. The topological polar surface area (TPSA) is 70.6 Å². The summed E-state index contributed by atoms with van der Waals surface area (Å²) in [4.78, 5) is 5.25. The largest absolute Gasteiger partial charge is 0.352 e. The lowest BCUT2D eigenvalue weighted by Gasteiger charge is -2.07. The van der Waals surface area contributed by atoms with Gasteiger partial charge in [0, 0.05) is 17.2 Å². The zero-order valence-electron chi connectivity index (χ0n) is 9.73. The first-order chi connectivity index (χ1) is 7.95. The van der Waals surface area contributed by atoms with E-state index in [1.807, 2.05) is 6.07 Å². The molecule has 0 fully saturated rings. The van der Waals surface area contributed by atoms with Crippen LogP contribution >= 0.6 is 11.3 Å². The molecule has 0 saturated carbocycles. The van der Waals surface area contributed by atoms with Crippen molar-refractivity contribution in [2.24, 2.45) is 4.99 Å². The molecule has 17 heavy (non-hydrogen) atoms. The van der Waals surface area contributed by atoms with Gasteiger partial charge in [-0.25, -0.2) is 8.42 Å². The Morgan fingerprint density at radius 3 is 2.88 bits per heavy atom. The van der Waals surface area contributed by atoms with Crippen molar-refractivity contribution in [2.75, 3.05) is 12.8 Å². The first-order valence-electron chi connectivity index (χ1n) is 5.29. The lowest BCUT2D eigenvalue weighted by atomic mass is 10.4. The predicted molar refractivity (Wildman–Crippen MR) is 69.2 cm³/mol. The SMILES string of the molecule is CC1CN=C(NCc2ccc(S(C)(=O)=O)s2)N1. The summed E-state index contributed by atoms with van der Waals surface area (Å²) in [6.07, 6.45) is 1.22. The van der Waals surface area contributed by atoms with Crippen molar-refractivity contribution < 1.29 is 8.42 Å². The van der Waals surface area contributed by atoms with Gasteiger partial charge in [0.25, 0.3) is 0 Å². The highest BCUT2D eigenvalue weighted by Crippen LogP contribution is 2.21. The van der Waals surface area contributed by atoms with E-state index in [0.717, 1.165) is 17.4 Å². The zero-order chi connectivity index (χ0) is 12.5. The van der Waals surface area contributed by atoms with Crippen LogP contribution in [0.3, 0.4) is 0 Å². The molecule has 2 heterocycles. The highest BCUT2D eigenvalue weighted by molar-refractivity contribution is 7.92. The van der Waals surface area contributed by atoms with Crippen LogP contribution in [0.2, 0.25) is 0 Å². The average Bonchev–Trinajstić information content (AvgIpc) is 2.82. The summed E-state index contributed by atoms with van der Waals surface area (Å²) in [5.41, 5.74) is 0. The monoisotopic (exact) mass is 273 g/mol. The van der Waals surface area contributed by atoms with E-state index in [4.69, 9.17) is 0 Å². The lowest BCUT2D eigenvalue weighted by Crippen LogP contribution is -2.36. The van der Waals surface area contributed by atoms with Gasteiger partial charge in [-0.15, -0.1) is 11.3 Å². The molecule has 5 nitrogen and oxygen atoms in total. The first kappa shape index (κ1) is 12.4. The van der Waals surface area contributed by atoms with Crippen LogP contribution in [-0.2, 0) is 16.4 Å². The smallest absolute Gasteiger partial charge is 0.191 e. The molecule has 1 aromatic rings. The van der Waals surface area contributed by atoms with E-state index in [1.54, 1.807) is 6.07 Å². The quantitative estimate of drug-likeness (QED) is 0.845. The number of guanidine groups is 1. The van der Waals surface area contributed by atoms with Crippen molar-refractivity contribution in [2.45, 2.75) is 23.7 Å². The van der Waals surface area contributed by atoms with Crippen molar-refractivity contribution in [3.8, 4) is 0 Å². The van der Waals surface area contributed by atoms with Gasteiger partial charge in [-0.1, -0.05) is 0 Å². The molecule has 2 rings (SSSR count). The normalized spacial score (nSPS) is 19.9. The van der Waals surface area contributed by atoms with E-state index in [2.05, 4.69) is 22.5 Å². The van der Waals surface area contributed by atoms with Gasteiger partial charge >= 0.3 is 0 Å². The summed E-state index contributed by atoms with van der Waals surface area (Å²) in [7, 11) is -3.08. The summed E-state index contributed by atoms with van der Waals surface area (Å²) in [5.74, 6) is 0.784. The third-order valence-corrected chi connectivity index (χ3v) is 5.24. The van der Waals surface area contributed by atoms with E-state index < -0.39 is 9.84 Å². The lowest BCUT2D eigenvalue weighted by molar-refractivity contribution is 0.604. The number of hydrogen-bond donors (Lipinski definition) is 2. The predicted octanol–water partition coefficient (Wildman–Crippen LogP) is 0.589. The molecule has 1 aromatic heterocycles. The Kier molecular flexibility index (Phi) is 3.39. The van der Waals surface area contributed by atoms with E-state index in [-0.39, 0.29) is 0 Å². The molecular formula is C10H15N3O2S2. The van der Waals surface area contributed by atoms with Gasteiger partial charge in [-0.05, 0) is 19.1 Å². The third-order valence-electron chi connectivity index (χ3n) is 2.34. The number of nitrogens with one attached hydrogen (secondary N) is 2. The van der Waals surface area contributed by atoms with Crippen LogP contribution in [0.4, 0.5) is 0 Å². The summed E-state index contributed by atoms with van der Waals surface area (Å²) in [6, 6.07) is 3.84. The molecule has 2 N–H and O–H groups in total. The molecule has 7 heteroatoms. The fraction of sp³-hybridized carbons (Fsp3) is 0.500. The molecular weight excluding hydrogens is 258 g/mol. The van der Waals surface area contributed by atoms with E-state index in [0.29, 0.717) is 16.8 Å². The van der Waals surface area contributed by atoms with Gasteiger partial charge in [0.05, 0.1) is 13.1 Å². The molecule has 0 amide bonds. The Labute approximate surface area is 105 Å². The second kappa shape index (κ2) is 4.66. The summed E-state index contributed by atoms with van der Waals surface area (Å²) in [5, 5.41) is 6.33. The molecule has 0 spiro atoms. The van der Waals surface area contributed by atoms with Gasteiger partial charge in [0.1, 0.15) is 4.21 Å². The number of sulfone groups is 1. The maximum absolute atomic E-state index is 11.3. The van der Waals surface area contributed by atoms with Crippen LogP contribution in [0.5, 0.6) is 0 Å². The van der Waals surface area contributed by atoms with E-state index in [9.17, 15) is 8.42 Å². The molecule has 94 valence electrons. The number of thiophene rings is 1. The minimum absolute atomic E-state index is 0.368. The van der Waals surface area contributed by atoms with Crippen molar-refractivity contribution in [3.05, 3.63) is 17.0 Å². The number of hydrogen-bond acceptors (Lipinski definition) is 6. The van der Waals surface area contributed by atoms with Crippen molar-refractivity contribution >= 4 is 27.1 Å². The zero-order valence-corrected chi connectivity index (χ0v) is 11.4. The van der Waals surface area contributed by atoms with Gasteiger partial charge in [0.2, 0.25) is 0 Å². The molecule has 0 aromatic carbocycles. The van der Waals surface area contributed by atoms with Gasteiger partial charge in [-0.2, -0.15) is 0 Å². The minimum atomic E-state index is -3.08. The molecule has 1 atom stereocenters. The molecule has 1 unspecified atom stereocenters. The third kappa shape index (κ3) is 3.19.